The van der Waals surface area contributed by atoms with Gasteiger partial charge in [0.2, 0.25) is 0 Å². The minimum Gasteiger partial charge on any atom is -0.507 e. The second-order valence-electron chi connectivity index (χ2n) is 2.62. The fraction of sp³-hybridized carbons (Fsp3) is 0.125. The molecule has 12 heavy (non-hydrogen) atoms. The average molecular weight is 227 g/mol. The maximum Gasteiger partial charge on any atom is 0.132 e. The number of rotatable bonds is 0. The van der Waals surface area contributed by atoms with Crippen LogP contribution in [0.4, 0.5) is 0 Å². The number of H-pyrrole nitrogens is 1. The largest absolute Gasteiger partial charge is 0.507 e. The van der Waals surface area contributed by atoms with Crippen LogP contribution in [0.25, 0.3) is 11.0 Å². The topological polar surface area (TPSA) is 48.9 Å². The van der Waals surface area contributed by atoms with E-state index in [1.165, 1.54) is 0 Å². The van der Waals surface area contributed by atoms with E-state index in [1.807, 2.05) is 6.92 Å². The van der Waals surface area contributed by atoms with Gasteiger partial charge < -0.3 is 10.1 Å². The molecule has 0 atom stereocenters. The van der Waals surface area contributed by atoms with Crippen molar-refractivity contribution in [3.8, 4) is 5.75 Å². The van der Waals surface area contributed by atoms with Crippen molar-refractivity contribution in [2.45, 2.75) is 6.92 Å². The summed E-state index contributed by atoms with van der Waals surface area (Å²) >= 11 is 3.26. The molecule has 0 saturated carbocycles. The predicted octanol–water partition coefficient (Wildman–Crippen LogP) is 2.34. The van der Waals surface area contributed by atoms with Crippen molar-refractivity contribution in [2.24, 2.45) is 0 Å². The number of aryl methyl sites for hydroxylation is 1. The van der Waals surface area contributed by atoms with Gasteiger partial charge in [-0.25, -0.2) is 4.98 Å². The molecule has 0 aliphatic heterocycles. The molecule has 0 spiro atoms. The number of imidazole rings is 1. The fourth-order valence-electron chi connectivity index (χ4n) is 1.15. The Bertz CT molecular complexity index is 436. The Morgan fingerprint density at radius 2 is 2.25 bits per heavy atom. The number of halogens is 1. The van der Waals surface area contributed by atoms with Crippen LogP contribution in [0.1, 0.15) is 5.82 Å². The number of aromatic amines is 1. The molecule has 4 heteroatoms. The smallest absolute Gasteiger partial charge is 0.132 e. The zero-order valence-electron chi connectivity index (χ0n) is 6.43. The Labute approximate surface area is 77.6 Å². The van der Waals surface area contributed by atoms with Crippen LogP contribution in [0.5, 0.6) is 5.75 Å². The number of aromatic nitrogens is 2. The highest BCUT2D eigenvalue weighted by Crippen LogP contribution is 2.30. The Hall–Kier alpha value is -1.03. The molecule has 2 rings (SSSR count). The molecule has 1 aromatic heterocycles. The molecule has 1 aromatic carbocycles. The Kier molecular flexibility index (Phi) is 1.58. The summed E-state index contributed by atoms with van der Waals surface area (Å²) < 4.78 is 0.643. The van der Waals surface area contributed by atoms with E-state index in [9.17, 15) is 5.11 Å². The summed E-state index contributed by atoms with van der Waals surface area (Å²) in [6, 6.07) is 3.43. The maximum atomic E-state index is 9.33. The van der Waals surface area contributed by atoms with Crippen LogP contribution >= 0.6 is 15.9 Å². The number of phenolic OH excluding ortho intramolecular Hbond substituents is 1. The molecule has 0 amide bonds. The summed E-state index contributed by atoms with van der Waals surface area (Å²) in [7, 11) is 0. The van der Waals surface area contributed by atoms with Crippen molar-refractivity contribution in [1.82, 2.24) is 9.97 Å². The standard InChI is InChI=1S/C8H7BrN2O/c1-4-10-5-2-3-6(12)7(9)8(5)11-4/h2-3,12H,1H3,(H,10,11). The first kappa shape index (κ1) is 7.61. The highest BCUT2D eigenvalue weighted by Gasteiger charge is 2.06. The Morgan fingerprint density at radius 1 is 1.50 bits per heavy atom. The number of aromatic hydroxyl groups is 1. The molecular weight excluding hydrogens is 220 g/mol. The van der Waals surface area contributed by atoms with Gasteiger partial charge in [-0.15, -0.1) is 0 Å². The van der Waals surface area contributed by atoms with Gasteiger partial charge >= 0.3 is 0 Å². The van der Waals surface area contributed by atoms with E-state index >= 15 is 0 Å². The van der Waals surface area contributed by atoms with Crippen LogP contribution in [-0.4, -0.2) is 15.1 Å². The molecule has 0 saturated heterocycles. The third-order valence-electron chi connectivity index (χ3n) is 1.69. The lowest BCUT2D eigenvalue weighted by Crippen LogP contribution is -1.72. The molecule has 1 heterocycles. The van der Waals surface area contributed by atoms with Crippen LogP contribution in [0.15, 0.2) is 16.6 Å². The molecule has 62 valence electrons. The van der Waals surface area contributed by atoms with Crippen LogP contribution in [0, 0.1) is 6.92 Å². The van der Waals surface area contributed by atoms with E-state index in [-0.39, 0.29) is 5.75 Å². The molecule has 0 fully saturated rings. The Morgan fingerprint density at radius 3 is 3.00 bits per heavy atom. The van der Waals surface area contributed by atoms with Crippen molar-refractivity contribution in [3.05, 3.63) is 22.4 Å². The minimum atomic E-state index is 0.217. The van der Waals surface area contributed by atoms with Gasteiger partial charge in [0.25, 0.3) is 0 Å². The van der Waals surface area contributed by atoms with Gasteiger partial charge in [0.05, 0.1) is 9.99 Å². The predicted molar refractivity (Wildman–Crippen MR) is 50.2 cm³/mol. The monoisotopic (exact) mass is 226 g/mol. The van der Waals surface area contributed by atoms with E-state index in [0.29, 0.717) is 4.47 Å². The van der Waals surface area contributed by atoms with Crippen LogP contribution in [0.3, 0.4) is 0 Å². The van der Waals surface area contributed by atoms with Crippen molar-refractivity contribution in [2.75, 3.05) is 0 Å². The van der Waals surface area contributed by atoms with E-state index in [0.717, 1.165) is 16.9 Å². The SMILES string of the molecule is Cc1nc2c(Br)c(O)ccc2[nH]1. The first-order chi connectivity index (χ1) is 5.68. The minimum absolute atomic E-state index is 0.217. The van der Waals surface area contributed by atoms with E-state index in [2.05, 4.69) is 25.9 Å². The number of benzene rings is 1. The zero-order valence-corrected chi connectivity index (χ0v) is 8.01. The first-order valence-electron chi connectivity index (χ1n) is 3.52. The van der Waals surface area contributed by atoms with Crippen LogP contribution in [0.2, 0.25) is 0 Å². The molecule has 0 aliphatic carbocycles. The molecule has 0 bridgehead atoms. The van der Waals surface area contributed by atoms with Crippen LogP contribution < -0.4 is 0 Å². The summed E-state index contributed by atoms with van der Waals surface area (Å²) in [6.45, 7) is 1.88. The quantitative estimate of drug-likeness (QED) is 0.725. The molecule has 0 radical (unpaired) electrons. The van der Waals surface area contributed by atoms with Gasteiger partial charge in [-0.1, -0.05) is 0 Å². The number of hydrogen-bond acceptors (Lipinski definition) is 2. The molecular formula is C8H7BrN2O. The van der Waals surface area contributed by atoms with Crippen molar-refractivity contribution >= 4 is 27.0 Å². The molecule has 3 nitrogen and oxygen atoms in total. The molecule has 2 aromatic rings. The van der Waals surface area contributed by atoms with Gasteiger partial charge in [-0.2, -0.15) is 0 Å². The fourth-order valence-corrected chi connectivity index (χ4v) is 1.59. The van der Waals surface area contributed by atoms with E-state index in [1.54, 1.807) is 12.1 Å². The maximum absolute atomic E-state index is 9.33. The number of nitrogens with zero attached hydrogens (tertiary/aromatic N) is 1. The van der Waals surface area contributed by atoms with Gasteiger partial charge in [-0.05, 0) is 35.0 Å². The highest BCUT2D eigenvalue weighted by atomic mass is 79.9. The summed E-state index contributed by atoms with van der Waals surface area (Å²) in [5.74, 6) is 1.06. The van der Waals surface area contributed by atoms with Crippen LogP contribution in [-0.2, 0) is 0 Å². The van der Waals surface area contributed by atoms with Crippen molar-refractivity contribution in [1.29, 1.82) is 0 Å². The van der Waals surface area contributed by atoms with E-state index in [4.69, 9.17) is 0 Å². The van der Waals surface area contributed by atoms with Crippen molar-refractivity contribution < 1.29 is 5.11 Å². The van der Waals surface area contributed by atoms with Gasteiger partial charge in [0, 0.05) is 0 Å². The summed E-state index contributed by atoms with van der Waals surface area (Å²) in [5, 5.41) is 9.33. The third kappa shape index (κ3) is 0.992. The van der Waals surface area contributed by atoms with E-state index < -0.39 is 0 Å². The third-order valence-corrected chi connectivity index (χ3v) is 2.47. The second kappa shape index (κ2) is 2.48. The number of fused-ring (bicyclic) bond motifs is 1. The average Bonchev–Trinajstić information content (AvgIpc) is 2.39. The summed E-state index contributed by atoms with van der Waals surface area (Å²) in [6.07, 6.45) is 0. The normalized spacial score (nSPS) is 10.8. The second-order valence-corrected chi connectivity index (χ2v) is 3.41. The Balaban J connectivity index is 2.89. The lowest BCUT2D eigenvalue weighted by Gasteiger charge is -1.95. The van der Waals surface area contributed by atoms with Gasteiger partial charge in [0.1, 0.15) is 17.1 Å². The summed E-state index contributed by atoms with van der Waals surface area (Å²) in [5.41, 5.74) is 1.70. The molecule has 0 aliphatic rings. The molecule has 0 unspecified atom stereocenters. The highest BCUT2D eigenvalue weighted by molar-refractivity contribution is 9.10. The summed E-state index contributed by atoms with van der Waals surface area (Å²) in [4.78, 5) is 7.29. The first-order valence-corrected chi connectivity index (χ1v) is 4.31. The molecule has 2 N–H and O–H groups in total. The number of hydrogen-bond donors (Lipinski definition) is 2. The number of phenols is 1. The number of nitrogens with one attached hydrogen (secondary N) is 1. The lowest BCUT2D eigenvalue weighted by atomic mass is 10.3. The zero-order chi connectivity index (χ0) is 8.72. The lowest BCUT2D eigenvalue weighted by molar-refractivity contribution is 0.473. The van der Waals surface area contributed by atoms with Gasteiger partial charge in [-0.3, -0.25) is 0 Å². The van der Waals surface area contributed by atoms with Crippen molar-refractivity contribution in [3.63, 3.8) is 0 Å². The van der Waals surface area contributed by atoms with Gasteiger partial charge in [0.15, 0.2) is 0 Å².